The van der Waals surface area contributed by atoms with E-state index in [1.807, 2.05) is 32.9 Å². The lowest BCUT2D eigenvalue weighted by Gasteiger charge is -2.19. The van der Waals surface area contributed by atoms with Gasteiger partial charge >= 0.3 is 0 Å². The Kier molecular flexibility index (Phi) is 3.73. The lowest BCUT2D eigenvalue weighted by atomic mass is 9.98. The van der Waals surface area contributed by atoms with Gasteiger partial charge in [-0.3, -0.25) is 4.79 Å². The number of aliphatic hydroxyl groups is 1. The molecule has 2 aliphatic heterocycles. The monoisotopic (exact) mass is 291 g/mol. The summed E-state index contributed by atoms with van der Waals surface area (Å²) >= 11 is 0. The molecule has 0 aromatic heterocycles. The maximum atomic E-state index is 12.5. The number of ether oxygens (including phenoxy) is 2. The van der Waals surface area contributed by atoms with Gasteiger partial charge in [-0.1, -0.05) is 17.7 Å². The molecule has 2 aliphatic rings. The summed E-state index contributed by atoms with van der Waals surface area (Å²) in [6, 6.07) is 3.80. The highest BCUT2D eigenvalue weighted by atomic mass is 16.6. The van der Waals surface area contributed by atoms with Gasteiger partial charge in [0.2, 0.25) is 0 Å². The minimum Gasteiger partial charge on any atom is -0.388 e. The Bertz CT molecular complexity index is 548. The first-order valence-electron chi connectivity index (χ1n) is 7.27. The topological polar surface area (TPSA) is 67.8 Å². The van der Waals surface area contributed by atoms with Gasteiger partial charge in [0, 0.05) is 5.56 Å². The normalized spacial score (nSPS) is 31.2. The number of carbonyl (C=O) groups excluding carboxylic acids is 1. The minimum absolute atomic E-state index is 0.107. The summed E-state index contributed by atoms with van der Waals surface area (Å²) in [6.07, 6.45) is -1.18. The molecule has 3 rings (SSSR count). The number of amides is 1. The Morgan fingerprint density at radius 3 is 2.43 bits per heavy atom. The van der Waals surface area contributed by atoms with Gasteiger partial charge in [-0.25, -0.2) is 0 Å². The van der Waals surface area contributed by atoms with Gasteiger partial charge in [0.1, 0.15) is 18.3 Å². The molecule has 21 heavy (non-hydrogen) atoms. The van der Waals surface area contributed by atoms with Crippen molar-refractivity contribution in [2.45, 2.75) is 45.1 Å². The molecular formula is C16H21NO4. The SMILES string of the molecule is Cc1cc(C)c(C(=O)N[C@@H]2CO[C@H]3[C@@H]2OC[C@H]3O)c(C)c1. The highest BCUT2D eigenvalue weighted by molar-refractivity contribution is 5.97. The van der Waals surface area contributed by atoms with Gasteiger partial charge < -0.3 is 19.9 Å². The highest BCUT2D eigenvalue weighted by Crippen LogP contribution is 2.27. The first-order valence-corrected chi connectivity index (χ1v) is 7.27. The number of hydrogen-bond donors (Lipinski definition) is 2. The van der Waals surface area contributed by atoms with Crippen LogP contribution in [0.3, 0.4) is 0 Å². The fourth-order valence-corrected chi connectivity index (χ4v) is 3.38. The van der Waals surface area contributed by atoms with Crippen molar-refractivity contribution >= 4 is 5.91 Å². The van der Waals surface area contributed by atoms with Crippen LogP contribution in [-0.2, 0) is 9.47 Å². The van der Waals surface area contributed by atoms with E-state index in [4.69, 9.17) is 9.47 Å². The van der Waals surface area contributed by atoms with Crippen molar-refractivity contribution in [2.75, 3.05) is 13.2 Å². The number of fused-ring (bicyclic) bond motifs is 1. The Hall–Kier alpha value is -1.43. The van der Waals surface area contributed by atoms with Crippen molar-refractivity contribution < 1.29 is 19.4 Å². The Labute approximate surface area is 124 Å². The second-order valence-corrected chi connectivity index (χ2v) is 6.02. The van der Waals surface area contributed by atoms with Gasteiger partial charge in [0.05, 0.1) is 19.3 Å². The molecule has 2 heterocycles. The zero-order valence-corrected chi connectivity index (χ0v) is 12.6. The third-order valence-corrected chi connectivity index (χ3v) is 4.25. The van der Waals surface area contributed by atoms with Gasteiger partial charge in [0.15, 0.2) is 0 Å². The number of aryl methyl sites for hydroxylation is 3. The highest BCUT2D eigenvalue weighted by Gasteiger charge is 2.47. The first kappa shape index (κ1) is 14.5. The molecule has 2 saturated heterocycles. The molecule has 2 fully saturated rings. The van der Waals surface area contributed by atoms with E-state index in [1.54, 1.807) is 0 Å². The number of benzene rings is 1. The smallest absolute Gasteiger partial charge is 0.252 e. The van der Waals surface area contributed by atoms with Crippen LogP contribution in [0.1, 0.15) is 27.0 Å². The van der Waals surface area contributed by atoms with Crippen molar-refractivity contribution in [2.24, 2.45) is 0 Å². The third kappa shape index (κ3) is 2.57. The molecule has 4 atom stereocenters. The van der Waals surface area contributed by atoms with Crippen LogP contribution in [0.25, 0.3) is 0 Å². The molecule has 0 aliphatic carbocycles. The average molecular weight is 291 g/mol. The Morgan fingerprint density at radius 1 is 1.14 bits per heavy atom. The Morgan fingerprint density at radius 2 is 1.76 bits per heavy atom. The molecule has 2 N–H and O–H groups in total. The van der Waals surface area contributed by atoms with Crippen LogP contribution in [0.15, 0.2) is 12.1 Å². The predicted molar refractivity (Wildman–Crippen MR) is 77.4 cm³/mol. The second-order valence-electron chi connectivity index (χ2n) is 6.02. The summed E-state index contributed by atoms with van der Waals surface area (Å²) in [4.78, 5) is 12.5. The van der Waals surface area contributed by atoms with Crippen LogP contribution < -0.4 is 5.32 Å². The van der Waals surface area contributed by atoms with Crippen LogP contribution in [0, 0.1) is 20.8 Å². The average Bonchev–Trinajstić information content (AvgIpc) is 2.93. The van der Waals surface area contributed by atoms with E-state index < -0.39 is 6.10 Å². The molecule has 0 spiro atoms. The van der Waals surface area contributed by atoms with E-state index in [9.17, 15) is 9.90 Å². The number of carbonyl (C=O) groups is 1. The van der Waals surface area contributed by atoms with Gasteiger partial charge in [-0.15, -0.1) is 0 Å². The quantitative estimate of drug-likeness (QED) is 0.848. The minimum atomic E-state index is -0.597. The number of nitrogens with one attached hydrogen (secondary N) is 1. The summed E-state index contributed by atoms with van der Waals surface area (Å²) in [5.41, 5.74) is 3.79. The van der Waals surface area contributed by atoms with E-state index in [0.29, 0.717) is 12.2 Å². The molecule has 114 valence electrons. The van der Waals surface area contributed by atoms with Crippen molar-refractivity contribution in [3.8, 4) is 0 Å². The number of rotatable bonds is 2. The number of hydrogen-bond acceptors (Lipinski definition) is 4. The molecule has 1 aromatic rings. The fourth-order valence-electron chi connectivity index (χ4n) is 3.38. The van der Waals surface area contributed by atoms with Crippen molar-refractivity contribution in [1.82, 2.24) is 5.32 Å². The van der Waals surface area contributed by atoms with E-state index >= 15 is 0 Å². The van der Waals surface area contributed by atoms with E-state index in [2.05, 4.69) is 5.32 Å². The largest absolute Gasteiger partial charge is 0.388 e. The summed E-state index contributed by atoms with van der Waals surface area (Å²) < 4.78 is 11.1. The number of aliphatic hydroxyl groups excluding tert-OH is 1. The molecule has 0 radical (unpaired) electrons. The van der Waals surface area contributed by atoms with Crippen LogP contribution in [0.2, 0.25) is 0 Å². The predicted octanol–water partition coefficient (Wildman–Crippen LogP) is 0.869. The summed E-state index contributed by atoms with van der Waals surface area (Å²) in [5, 5.41) is 12.7. The molecule has 0 saturated carbocycles. The molecule has 0 unspecified atom stereocenters. The zero-order chi connectivity index (χ0) is 15.1. The molecular weight excluding hydrogens is 270 g/mol. The lowest BCUT2D eigenvalue weighted by Crippen LogP contribution is -2.44. The Balaban J connectivity index is 1.76. The molecule has 5 nitrogen and oxygen atoms in total. The second kappa shape index (κ2) is 5.40. The summed E-state index contributed by atoms with van der Waals surface area (Å²) in [5.74, 6) is -0.107. The van der Waals surface area contributed by atoms with E-state index in [-0.39, 0.29) is 30.8 Å². The van der Waals surface area contributed by atoms with Crippen LogP contribution >= 0.6 is 0 Å². The molecule has 1 amide bonds. The van der Waals surface area contributed by atoms with Crippen LogP contribution in [0.5, 0.6) is 0 Å². The molecule has 0 bridgehead atoms. The van der Waals surface area contributed by atoms with Gasteiger partial charge in [-0.05, 0) is 31.9 Å². The van der Waals surface area contributed by atoms with Crippen molar-refractivity contribution in [3.05, 3.63) is 34.4 Å². The van der Waals surface area contributed by atoms with Gasteiger partial charge in [-0.2, -0.15) is 0 Å². The molecule has 5 heteroatoms. The van der Waals surface area contributed by atoms with Crippen LogP contribution in [0.4, 0.5) is 0 Å². The van der Waals surface area contributed by atoms with Crippen molar-refractivity contribution in [1.29, 1.82) is 0 Å². The van der Waals surface area contributed by atoms with Gasteiger partial charge in [0.25, 0.3) is 5.91 Å². The standard InChI is InChI=1S/C16H21NO4/c1-8-4-9(2)13(10(3)5-8)16(19)17-11-6-20-15-12(18)7-21-14(11)15/h4-5,11-12,14-15,18H,6-7H2,1-3H3,(H,17,19)/t11-,12-,14-,15-/m1/s1. The molecule has 1 aromatic carbocycles. The third-order valence-electron chi connectivity index (χ3n) is 4.25. The van der Waals surface area contributed by atoms with E-state index in [1.165, 1.54) is 0 Å². The van der Waals surface area contributed by atoms with E-state index in [0.717, 1.165) is 16.7 Å². The summed E-state index contributed by atoms with van der Waals surface area (Å²) in [7, 11) is 0. The lowest BCUT2D eigenvalue weighted by molar-refractivity contribution is 0.0178. The maximum Gasteiger partial charge on any atom is 0.252 e. The maximum absolute atomic E-state index is 12.5. The fraction of sp³-hybridized carbons (Fsp3) is 0.562. The van der Waals surface area contributed by atoms with Crippen molar-refractivity contribution in [3.63, 3.8) is 0 Å². The zero-order valence-electron chi connectivity index (χ0n) is 12.6. The van der Waals surface area contributed by atoms with Crippen LogP contribution in [-0.4, -0.2) is 48.6 Å². The first-order chi connectivity index (χ1) is 9.97. The summed E-state index contributed by atoms with van der Waals surface area (Å²) in [6.45, 7) is 6.55.